The van der Waals surface area contributed by atoms with Gasteiger partial charge in [0.15, 0.2) is 0 Å². The van der Waals surface area contributed by atoms with Crippen LogP contribution in [0.15, 0.2) is 16.8 Å². The molecule has 24 heavy (non-hydrogen) atoms. The Morgan fingerprint density at radius 1 is 1.21 bits per heavy atom. The summed E-state index contributed by atoms with van der Waals surface area (Å²) in [5.41, 5.74) is 1.16. The summed E-state index contributed by atoms with van der Waals surface area (Å²) in [5.74, 6) is 0. The van der Waals surface area contributed by atoms with Crippen LogP contribution in [0.1, 0.15) is 31.2 Å². The minimum Gasteiger partial charge on any atom is -0.335 e. The number of hydrogen-bond donors (Lipinski definition) is 1. The van der Waals surface area contributed by atoms with E-state index in [-0.39, 0.29) is 18.1 Å². The second-order valence-corrected chi connectivity index (χ2v) is 7.46. The van der Waals surface area contributed by atoms with Gasteiger partial charge in [-0.2, -0.15) is 11.3 Å². The van der Waals surface area contributed by atoms with E-state index in [9.17, 15) is 9.59 Å². The molecule has 0 unspecified atom stereocenters. The topological polar surface area (TPSA) is 55.9 Å². The highest BCUT2D eigenvalue weighted by Crippen LogP contribution is 2.16. The Balaban J connectivity index is 1.41. The predicted octanol–water partition coefficient (Wildman–Crippen LogP) is 2.57. The second-order valence-electron chi connectivity index (χ2n) is 6.68. The van der Waals surface area contributed by atoms with Crippen LogP contribution in [0.3, 0.4) is 0 Å². The molecule has 2 fully saturated rings. The third-order valence-corrected chi connectivity index (χ3v) is 5.55. The van der Waals surface area contributed by atoms with E-state index in [1.54, 1.807) is 16.2 Å². The first-order chi connectivity index (χ1) is 11.6. The molecule has 1 N–H and O–H groups in total. The maximum Gasteiger partial charge on any atom is 0.319 e. The number of hydrogen-bond acceptors (Lipinski definition) is 3. The lowest BCUT2D eigenvalue weighted by Crippen LogP contribution is -2.51. The maximum absolute atomic E-state index is 12.4. The zero-order valence-electron chi connectivity index (χ0n) is 14.2. The third-order valence-electron chi connectivity index (χ3n) is 4.82. The van der Waals surface area contributed by atoms with E-state index in [1.807, 2.05) is 28.3 Å². The van der Waals surface area contributed by atoms with Gasteiger partial charge in [0.05, 0.1) is 0 Å². The molecule has 2 saturated heterocycles. The van der Waals surface area contributed by atoms with Gasteiger partial charge in [-0.1, -0.05) is 0 Å². The summed E-state index contributed by atoms with van der Waals surface area (Å²) in [6.07, 6.45) is 3.90. The Bertz CT molecular complexity index is 549. The smallest absolute Gasteiger partial charge is 0.319 e. The third kappa shape index (κ3) is 4.20. The molecule has 6 nitrogen and oxygen atoms in total. The molecule has 3 rings (SSSR count). The summed E-state index contributed by atoms with van der Waals surface area (Å²) in [4.78, 5) is 30.3. The van der Waals surface area contributed by atoms with Crippen LogP contribution in [0, 0.1) is 0 Å². The predicted molar refractivity (Wildman–Crippen MR) is 95.1 cm³/mol. The van der Waals surface area contributed by atoms with E-state index in [0.29, 0.717) is 6.54 Å². The molecule has 0 radical (unpaired) electrons. The van der Waals surface area contributed by atoms with E-state index >= 15 is 0 Å². The van der Waals surface area contributed by atoms with E-state index in [2.05, 4.69) is 10.7 Å². The number of likely N-dealkylation sites (tertiary alicyclic amines) is 2. The van der Waals surface area contributed by atoms with Crippen LogP contribution in [0.2, 0.25) is 0 Å². The van der Waals surface area contributed by atoms with Gasteiger partial charge < -0.3 is 20.0 Å². The molecule has 0 aliphatic carbocycles. The van der Waals surface area contributed by atoms with Crippen molar-refractivity contribution in [2.75, 3.05) is 33.2 Å². The number of carbonyl (C=O) groups excluding carboxylic acids is 2. The Labute approximate surface area is 147 Å². The first kappa shape index (κ1) is 17.1. The number of piperidine rings is 1. The van der Waals surface area contributed by atoms with Crippen molar-refractivity contribution >= 4 is 23.4 Å². The quantitative estimate of drug-likeness (QED) is 0.911. The molecular weight excluding hydrogens is 324 g/mol. The molecule has 4 amide bonds. The molecule has 0 saturated carbocycles. The maximum atomic E-state index is 12.4. The van der Waals surface area contributed by atoms with Crippen molar-refractivity contribution < 1.29 is 9.59 Å². The monoisotopic (exact) mass is 350 g/mol. The average molecular weight is 350 g/mol. The summed E-state index contributed by atoms with van der Waals surface area (Å²) in [6, 6.07) is 2.33. The van der Waals surface area contributed by atoms with Crippen molar-refractivity contribution in [3.8, 4) is 0 Å². The number of urea groups is 2. The minimum atomic E-state index is -0.0366. The molecule has 0 bridgehead atoms. The van der Waals surface area contributed by atoms with Gasteiger partial charge in [0.25, 0.3) is 0 Å². The van der Waals surface area contributed by atoms with Gasteiger partial charge >= 0.3 is 12.1 Å². The van der Waals surface area contributed by atoms with Crippen molar-refractivity contribution in [2.24, 2.45) is 0 Å². The Morgan fingerprint density at radius 3 is 2.50 bits per heavy atom. The van der Waals surface area contributed by atoms with Gasteiger partial charge in [0, 0.05) is 45.8 Å². The van der Waals surface area contributed by atoms with Crippen LogP contribution in [-0.4, -0.2) is 66.0 Å². The largest absolute Gasteiger partial charge is 0.335 e. The zero-order valence-corrected chi connectivity index (χ0v) is 15.1. The SMILES string of the molecule is CN(Cc1ccsc1)C(=O)NC1CCN(C(=O)N2CCCC2)CC1. The number of thiophene rings is 1. The van der Waals surface area contributed by atoms with Gasteiger partial charge in [-0.3, -0.25) is 0 Å². The molecule has 2 aliphatic rings. The molecule has 7 heteroatoms. The number of carbonyl (C=O) groups is 2. The lowest BCUT2D eigenvalue weighted by atomic mass is 10.1. The van der Waals surface area contributed by atoms with Crippen LogP contribution < -0.4 is 5.32 Å². The van der Waals surface area contributed by atoms with Crippen LogP contribution in [-0.2, 0) is 6.54 Å². The molecule has 132 valence electrons. The van der Waals surface area contributed by atoms with Crippen molar-refractivity contribution in [1.29, 1.82) is 0 Å². The fourth-order valence-electron chi connectivity index (χ4n) is 3.34. The lowest BCUT2D eigenvalue weighted by Gasteiger charge is -2.35. The van der Waals surface area contributed by atoms with Crippen molar-refractivity contribution in [1.82, 2.24) is 20.0 Å². The summed E-state index contributed by atoms with van der Waals surface area (Å²) in [6.45, 7) is 3.87. The molecule has 0 aromatic carbocycles. The molecular formula is C17H26N4O2S. The highest BCUT2D eigenvalue weighted by molar-refractivity contribution is 7.07. The minimum absolute atomic E-state index is 0.0366. The molecule has 2 aliphatic heterocycles. The van der Waals surface area contributed by atoms with Crippen LogP contribution in [0.25, 0.3) is 0 Å². The van der Waals surface area contributed by atoms with Gasteiger partial charge in [0.2, 0.25) is 0 Å². The van der Waals surface area contributed by atoms with Crippen molar-refractivity contribution in [3.63, 3.8) is 0 Å². The van der Waals surface area contributed by atoms with E-state index < -0.39 is 0 Å². The van der Waals surface area contributed by atoms with Crippen molar-refractivity contribution in [3.05, 3.63) is 22.4 Å². The first-order valence-corrected chi connectivity index (χ1v) is 9.64. The average Bonchev–Trinajstić information content (AvgIpc) is 3.28. The Kier molecular flexibility index (Phi) is 5.60. The van der Waals surface area contributed by atoms with Gasteiger partial charge in [-0.05, 0) is 48.1 Å². The summed E-state index contributed by atoms with van der Waals surface area (Å²) in [7, 11) is 1.82. The molecule has 0 atom stereocenters. The van der Waals surface area contributed by atoms with Gasteiger partial charge in [-0.15, -0.1) is 0 Å². The summed E-state index contributed by atoms with van der Waals surface area (Å²) in [5, 5.41) is 7.18. The molecule has 1 aromatic rings. The van der Waals surface area contributed by atoms with Gasteiger partial charge in [-0.25, -0.2) is 9.59 Å². The number of rotatable bonds is 3. The molecule has 1 aromatic heterocycles. The Hall–Kier alpha value is -1.76. The first-order valence-electron chi connectivity index (χ1n) is 8.70. The normalized spacial score (nSPS) is 18.7. The highest BCUT2D eigenvalue weighted by Gasteiger charge is 2.28. The van der Waals surface area contributed by atoms with Gasteiger partial charge in [0.1, 0.15) is 0 Å². The number of amides is 4. The molecule has 0 spiro atoms. The van der Waals surface area contributed by atoms with E-state index in [4.69, 9.17) is 0 Å². The second kappa shape index (κ2) is 7.88. The van der Waals surface area contributed by atoms with Crippen LogP contribution in [0.4, 0.5) is 9.59 Å². The summed E-state index contributed by atoms with van der Waals surface area (Å²) >= 11 is 1.64. The fraction of sp³-hybridized carbons (Fsp3) is 0.647. The molecule has 3 heterocycles. The summed E-state index contributed by atoms with van der Waals surface area (Å²) < 4.78 is 0. The Morgan fingerprint density at radius 2 is 1.88 bits per heavy atom. The van der Waals surface area contributed by atoms with Crippen LogP contribution >= 0.6 is 11.3 Å². The van der Waals surface area contributed by atoms with E-state index in [0.717, 1.165) is 57.4 Å². The fourth-order valence-corrected chi connectivity index (χ4v) is 4.00. The van der Waals surface area contributed by atoms with Crippen LogP contribution in [0.5, 0.6) is 0 Å². The number of nitrogens with one attached hydrogen (secondary N) is 1. The van der Waals surface area contributed by atoms with E-state index in [1.165, 1.54) is 0 Å². The highest BCUT2D eigenvalue weighted by atomic mass is 32.1. The van der Waals surface area contributed by atoms with Crippen molar-refractivity contribution in [2.45, 2.75) is 38.3 Å². The standard InChI is InChI=1S/C17H26N4O2S/c1-19(12-14-6-11-24-13-14)16(22)18-15-4-9-21(10-5-15)17(23)20-7-2-3-8-20/h6,11,13,15H,2-5,7-10,12H2,1H3,(H,18,22). The lowest BCUT2D eigenvalue weighted by molar-refractivity contribution is 0.143. The number of nitrogens with zero attached hydrogens (tertiary/aromatic N) is 3. The zero-order chi connectivity index (χ0) is 16.9.